The summed E-state index contributed by atoms with van der Waals surface area (Å²) in [5.41, 5.74) is 0.695. The number of nitrogens with zero attached hydrogens (tertiary/aromatic N) is 1. The molecule has 0 saturated carbocycles. The molecule has 0 saturated heterocycles. The predicted octanol–water partition coefficient (Wildman–Crippen LogP) is 3.11. The number of benzene rings is 2. The monoisotopic (exact) mass is 259 g/mol. The van der Waals surface area contributed by atoms with E-state index in [4.69, 9.17) is 4.74 Å². The fourth-order valence-electron chi connectivity index (χ4n) is 1.75. The van der Waals surface area contributed by atoms with E-state index < -0.39 is 11.7 Å². The first-order chi connectivity index (χ1) is 9.13. The molecule has 1 amide bonds. The van der Waals surface area contributed by atoms with Crippen LogP contribution in [0.4, 0.5) is 10.1 Å². The van der Waals surface area contributed by atoms with Crippen LogP contribution in [-0.2, 0) is 0 Å². The minimum atomic E-state index is -0.526. The van der Waals surface area contributed by atoms with Crippen LogP contribution in [0.2, 0.25) is 0 Å². The molecule has 0 aliphatic heterocycles. The van der Waals surface area contributed by atoms with Gasteiger partial charge in [-0.2, -0.15) is 0 Å². The lowest BCUT2D eigenvalue weighted by molar-refractivity contribution is 0.0989. The number of carbonyl (C=O) groups is 1. The van der Waals surface area contributed by atoms with Crippen molar-refractivity contribution in [1.29, 1.82) is 0 Å². The summed E-state index contributed by atoms with van der Waals surface area (Å²) in [4.78, 5) is 13.6. The van der Waals surface area contributed by atoms with Crippen molar-refractivity contribution in [2.24, 2.45) is 0 Å². The van der Waals surface area contributed by atoms with Crippen LogP contribution < -0.4 is 9.64 Å². The van der Waals surface area contributed by atoms with Crippen LogP contribution in [-0.4, -0.2) is 20.1 Å². The Kier molecular flexibility index (Phi) is 3.80. The maximum Gasteiger partial charge on any atom is 0.260 e. The molecule has 0 aromatic heterocycles. The van der Waals surface area contributed by atoms with E-state index in [1.165, 1.54) is 17.0 Å². The van der Waals surface area contributed by atoms with Gasteiger partial charge >= 0.3 is 0 Å². The van der Waals surface area contributed by atoms with Crippen molar-refractivity contribution in [2.75, 3.05) is 19.1 Å². The van der Waals surface area contributed by atoms with Gasteiger partial charge < -0.3 is 9.64 Å². The molecule has 3 nitrogen and oxygen atoms in total. The van der Waals surface area contributed by atoms with Crippen LogP contribution in [0.25, 0.3) is 0 Å². The minimum Gasteiger partial charge on any atom is -0.497 e. The van der Waals surface area contributed by atoms with Gasteiger partial charge in [-0.15, -0.1) is 0 Å². The van der Waals surface area contributed by atoms with E-state index in [9.17, 15) is 9.18 Å². The topological polar surface area (TPSA) is 29.5 Å². The molecule has 4 heteroatoms. The standard InChI is InChI=1S/C15H14FNO2/c1-17(11-6-5-7-12(10-11)19-2)15(18)13-8-3-4-9-14(13)16/h3-10H,1-2H3. The number of carbonyl (C=O) groups excluding carboxylic acids is 1. The molecule has 2 aromatic carbocycles. The van der Waals surface area contributed by atoms with E-state index in [0.29, 0.717) is 11.4 Å². The van der Waals surface area contributed by atoms with Crippen LogP contribution in [0.1, 0.15) is 10.4 Å². The molecule has 0 radical (unpaired) electrons. The largest absolute Gasteiger partial charge is 0.497 e. The van der Waals surface area contributed by atoms with E-state index in [1.807, 2.05) is 0 Å². The van der Waals surface area contributed by atoms with Crippen molar-refractivity contribution < 1.29 is 13.9 Å². The number of hydrogen-bond donors (Lipinski definition) is 0. The Morgan fingerprint density at radius 2 is 1.89 bits per heavy atom. The van der Waals surface area contributed by atoms with E-state index in [1.54, 1.807) is 50.6 Å². The lowest BCUT2D eigenvalue weighted by Gasteiger charge is -2.18. The predicted molar refractivity (Wildman–Crippen MR) is 72.1 cm³/mol. The number of ether oxygens (including phenoxy) is 1. The molecule has 0 bridgehead atoms. The number of rotatable bonds is 3. The molecule has 0 spiro atoms. The lowest BCUT2D eigenvalue weighted by atomic mass is 10.1. The molecule has 0 unspecified atom stereocenters. The molecule has 19 heavy (non-hydrogen) atoms. The van der Waals surface area contributed by atoms with Crippen LogP contribution >= 0.6 is 0 Å². The van der Waals surface area contributed by atoms with Crippen molar-refractivity contribution >= 4 is 11.6 Å². The molecule has 2 aromatic rings. The van der Waals surface area contributed by atoms with Gasteiger partial charge in [0.1, 0.15) is 11.6 Å². The number of hydrogen-bond acceptors (Lipinski definition) is 2. The summed E-state index contributed by atoms with van der Waals surface area (Å²) in [5, 5.41) is 0. The first-order valence-electron chi connectivity index (χ1n) is 5.80. The molecule has 0 N–H and O–H groups in total. The second kappa shape index (κ2) is 5.52. The Bertz CT molecular complexity index is 598. The molecule has 0 aliphatic rings. The highest BCUT2D eigenvalue weighted by Gasteiger charge is 2.17. The smallest absolute Gasteiger partial charge is 0.260 e. The Morgan fingerprint density at radius 3 is 2.58 bits per heavy atom. The summed E-state index contributed by atoms with van der Waals surface area (Å²) in [6, 6.07) is 13.0. The van der Waals surface area contributed by atoms with E-state index in [0.717, 1.165) is 0 Å². The minimum absolute atomic E-state index is 0.0489. The normalized spacial score (nSPS) is 10.1. The molecule has 98 valence electrons. The van der Waals surface area contributed by atoms with Gasteiger partial charge in [0.2, 0.25) is 0 Å². The number of anilines is 1. The van der Waals surface area contributed by atoms with Gasteiger partial charge in [0.15, 0.2) is 0 Å². The van der Waals surface area contributed by atoms with Crippen molar-refractivity contribution in [3.05, 3.63) is 59.9 Å². The van der Waals surface area contributed by atoms with Gasteiger partial charge in [0.05, 0.1) is 12.7 Å². The van der Waals surface area contributed by atoms with Crippen molar-refractivity contribution in [3.63, 3.8) is 0 Å². The molecule has 2 rings (SSSR count). The van der Waals surface area contributed by atoms with Crippen LogP contribution in [0.15, 0.2) is 48.5 Å². The number of amides is 1. The highest BCUT2D eigenvalue weighted by molar-refractivity contribution is 6.05. The Balaban J connectivity index is 2.31. The summed E-state index contributed by atoms with van der Waals surface area (Å²) in [6.07, 6.45) is 0. The molecular weight excluding hydrogens is 245 g/mol. The molecule has 0 aliphatic carbocycles. The second-order valence-corrected chi connectivity index (χ2v) is 4.05. The average molecular weight is 259 g/mol. The fourth-order valence-corrected chi connectivity index (χ4v) is 1.75. The van der Waals surface area contributed by atoms with Gasteiger partial charge in [0, 0.05) is 18.8 Å². The molecule has 0 atom stereocenters. The van der Waals surface area contributed by atoms with Gasteiger partial charge in [-0.1, -0.05) is 18.2 Å². The Labute approximate surface area is 111 Å². The summed E-state index contributed by atoms with van der Waals surface area (Å²) in [5.74, 6) is -0.278. The van der Waals surface area contributed by atoms with Crippen LogP contribution in [0, 0.1) is 5.82 Å². The van der Waals surface area contributed by atoms with Gasteiger partial charge in [-0.25, -0.2) is 4.39 Å². The SMILES string of the molecule is COc1cccc(N(C)C(=O)c2ccccc2F)c1. The highest BCUT2D eigenvalue weighted by Crippen LogP contribution is 2.22. The highest BCUT2D eigenvalue weighted by atomic mass is 19.1. The third-order valence-electron chi connectivity index (χ3n) is 2.85. The van der Waals surface area contributed by atoms with Crippen molar-refractivity contribution in [3.8, 4) is 5.75 Å². The maximum atomic E-state index is 13.6. The van der Waals surface area contributed by atoms with Gasteiger partial charge in [-0.05, 0) is 24.3 Å². The third kappa shape index (κ3) is 2.73. The lowest BCUT2D eigenvalue weighted by Crippen LogP contribution is -2.27. The zero-order chi connectivity index (χ0) is 13.8. The van der Waals surface area contributed by atoms with Crippen molar-refractivity contribution in [2.45, 2.75) is 0 Å². The molecule has 0 heterocycles. The first kappa shape index (κ1) is 13.1. The molecule has 0 fully saturated rings. The quantitative estimate of drug-likeness (QED) is 0.847. The summed E-state index contributed by atoms with van der Waals surface area (Å²) in [7, 11) is 3.15. The van der Waals surface area contributed by atoms with E-state index >= 15 is 0 Å². The van der Waals surface area contributed by atoms with Crippen LogP contribution in [0.3, 0.4) is 0 Å². The van der Waals surface area contributed by atoms with Crippen LogP contribution in [0.5, 0.6) is 5.75 Å². The summed E-state index contributed by atoms with van der Waals surface area (Å²) in [6.45, 7) is 0. The average Bonchev–Trinajstić information content (AvgIpc) is 2.46. The van der Waals surface area contributed by atoms with E-state index in [-0.39, 0.29) is 5.56 Å². The van der Waals surface area contributed by atoms with E-state index in [2.05, 4.69) is 0 Å². The third-order valence-corrected chi connectivity index (χ3v) is 2.85. The zero-order valence-electron chi connectivity index (χ0n) is 10.8. The number of halogens is 1. The van der Waals surface area contributed by atoms with Gasteiger partial charge in [-0.3, -0.25) is 4.79 Å². The Hall–Kier alpha value is -2.36. The summed E-state index contributed by atoms with van der Waals surface area (Å²) < 4.78 is 18.7. The second-order valence-electron chi connectivity index (χ2n) is 4.05. The summed E-state index contributed by atoms with van der Waals surface area (Å²) >= 11 is 0. The maximum absolute atomic E-state index is 13.6. The first-order valence-corrected chi connectivity index (χ1v) is 5.80. The zero-order valence-corrected chi connectivity index (χ0v) is 10.8. The van der Waals surface area contributed by atoms with Crippen molar-refractivity contribution in [1.82, 2.24) is 0 Å². The Morgan fingerprint density at radius 1 is 1.16 bits per heavy atom. The van der Waals surface area contributed by atoms with Gasteiger partial charge in [0.25, 0.3) is 5.91 Å². The number of methoxy groups -OCH3 is 1. The fraction of sp³-hybridized carbons (Fsp3) is 0.133. The molecular formula is C15H14FNO2.